The maximum atomic E-state index is 5.16. The van der Waals surface area contributed by atoms with Crippen LogP contribution in [0.4, 0.5) is 0 Å². The Bertz CT molecular complexity index is 508. The third-order valence-electron chi connectivity index (χ3n) is 2.57. The molecule has 0 N–H and O–H groups in total. The lowest BCUT2D eigenvalue weighted by Crippen LogP contribution is -1.83. The van der Waals surface area contributed by atoms with Gasteiger partial charge < -0.3 is 4.74 Å². The second-order valence-electron chi connectivity index (χ2n) is 3.58. The highest BCUT2D eigenvalue weighted by molar-refractivity contribution is 9.10. The Balaban J connectivity index is 2.38. The SMILES string of the molecule is COc1ccc(-c2ccc(Br)c(SC)c2)cc1. The molecule has 0 aliphatic heterocycles. The maximum absolute atomic E-state index is 5.16. The Labute approximate surface area is 114 Å². The van der Waals surface area contributed by atoms with Gasteiger partial charge in [-0.15, -0.1) is 11.8 Å². The summed E-state index contributed by atoms with van der Waals surface area (Å²) in [6.45, 7) is 0. The molecule has 0 unspecified atom stereocenters. The van der Waals surface area contributed by atoms with Crippen molar-refractivity contribution in [2.45, 2.75) is 4.90 Å². The molecule has 0 bridgehead atoms. The third-order valence-corrected chi connectivity index (χ3v) is 4.31. The summed E-state index contributed by atoms with van der Waals surface area (Å²) in [5, 5.41) is 0. The first-order valence-electron chi connectivity index (χ1n) is 5.22. The minimum absolute atomic E-state index is 0.885. The maximum Gasteiger partial charge on any atom is 0.118 e. The molecule has 2 aromatic carbocycles. The zero-order valence-electron chi connectivity index (χ0n) is 9.74. The van der Waals surface area contributed by atoms with Crippen molar-refractivity contribution in [2.75, 3.05) is 13.4 Å². The van der Waals surface area contributed by atoms with Gasteiger partial charge in [0.15, 0.2) is 0 Å². The molecule has 17 heavy (non-hydrogen) atoms. The summed E-state index contributed by atoms with van der Waals surface area (Å²) in [5.74, 6) is 0.885. The number of methoxy groups -OCH3 is 1. The molecule has 0 radical (unpaired) electrons. The number of hydrogen-bond donors (Lipinski definition) is 0. The average molecular weight is 309 g/mol. The first-order valence-corrected chi connectivity index (χ1v) is 7.24. The molecular weight excluding hydrogens is 296 g/mol. The van der Waals surface area contributed by atoms with Crippen LogP contribution < -0.4 is 4.74 Å². The number of benzene rings is 2. The minimum atomic E-state index is 0.885. The van der Waals surface area contributed by atoms with Crippen molar-refractivity contribution in [2.24, 2.45) is 0 Å². The highest BCUT2D eigenvalue weighted by Crippen LogP contribution is 2.31. The van der Waals surface area contributed by atoms with Gasteiger partial charge in [-0.2, -0.15) is 0 Å². The first-order chi connectivity index (χ1) is 8.24. The van der Waals surface area contributed by atoms with Crippen molar-refractivity contribution in [3.63, 3.8) is 0 Å². The highest BCUT2D eigenvalue weighted by atomic mass is 79.9. The molecule has 88 valence electrons. The molecule has 0 fully saturated rings. The fraction of sp³-hybridized carbons (Fsp3) is 0.143. The molecule has 0 spiro atoms. The Morgan fingerprint density at radius 3 is 2.24 bits per heavy atom. The van der Waals surface area contributed by atoms with Gasteiger partial charge in [-0.3, -0.25) is 0 Å². The Hall–Kier alpha value is -0.930. The standard InChI is InChI=1S/C14H13BrOS/c1-16-12-6-3-10(4-7-12)11-5-8-13(15)14(9-11)17-2/h3-9H,1-2H3. The summed E-state index contributed by atoms with van der Waals surface area (Å²) in [6, 6.07) is 14.5. The van der Waals surface area contributed by atoms with Gasteiger partial charge in [-0.1, -0.05) is 18.2 Å². The largest absolute Gasteiger partial charge is 0.497 e. The van der Waals surface area contributed by atoms with E-state index < -0.39 is 0 Å². The Kier molecular flexibility index (Phi) is 4.13. The molecule has 0 saturated heterocycles. The lowest BCUT2D eigenvalue weighted by atomic mass is 10.1. The van der Waals surface area contributed by atoms with Gasteiger partial charge in [0.2, 0.25) is 0 Å². The first kappa shape index (κ1) is 12.5. The van der Waals surface area contributed by atoms with E-state index in [1.807, 2.05) is 12.1 Å². The summed E-state index contributed by atoms with van der Waals surface area (Å²) >= 11 is 5.29. The van der Waals surface area contributed by atoms with Gasteiger partial charge in [0.25, 0.3) is 0 Å². The van der Waals surface area contributed by atoms with Crippen LogP contribution >= 0.6 is 27.7 Å². The lowest BCUT2D eigenvalue weighted by Gasteiger charge is -2.07. The van der Waals surface area contributed by atoms with Crippen LogP contribution in [0.2, 0.25) is 0 Å². The third kappa shape index (κ3) is 2.85. The fourth-order valence-corrected chi connectivity index (χ4v) is 2.86. The molecule has 3 heteroatoms. The van der Waals surface area contributed by atoms with E-state index in [4.69, 9.17) is 4.74 Å². The Morgan fingerprint density at radius 2 is 1.65 bits per heavy atom. The monoisotopic (exact) mass is 308 g/mol. The summed E-state index contributed by atoms with van der Waals surface area (Å²) in [5.41, 5.74) is 2.42. The smallest absolute Gasteiger partial charge is 0.118 e. The molecule has 0 amide bonds. The normalized spacial score (nSPS) is 10.3. The summed E-state index contributed by atoms with van der Waals surface area (Å²) in [6.07, 6.45) is 2.08. The van der Waals surface area contributed by atoms with Gasteiger partial charge in [0.1, 0.15) is 5.75 Å². The number of halogens is 1. The summed E-state index contributed by atoms with van der Waals surface area (Å²) < 4.78 is 6.30. The van der Waals surface area contributed by atoms with Crippen molar-refractivity contribution in [1.29, 1.82) is 0 Å². The molecule has 2 aromatic rings. The second-order valence-corrected chi connectivity index (χ2v) is 5.28. The van der Waals surface area contributed by atoms with E-state index >= 15 is 0 Å². The molecule has 0 atom stereocenters. The number of ether oxygens (including phenoxy) is 1. The number of thioether (sulfide) groups is 1. The molecule has 1 nitrogen and oxygen atoms in total. The van der Waals surface area contributed by atoms with Crippen LogP contribution in [0.3, 0.4) is 0 Å². The van der Waals surface area contributed by atoms with Gasteiger partial charge in [0, 0.05) is 9.37 Å². The quantitative estimate of drug-likeness (QED) is 0.750. The van der Waals surface area contributed by atoms with Gasteiger partial charge in [0.05, 0.1) is 7.11 Å². The lowest BCUT2D eigenvalue weighted by molar-refractivity contribution is 0.415. The highest BCUT2D eigenvalue weighted by Gasteiger charge is 2.03. The van der Waals surface area contributed by atoms with E-state index in [2.05, 4.69) is 52.5 Å². The topological polar surface area (TPSA) is 9.23 Å². The van der Waals surface area contributed by atoms with E-state index in [1.165, 1.54) is 16.0 Å². The minimum Gasteiger partial charge on any atom is -0.497 e. The van der Waals surface area contributed by atoms with E-state index in [9.17, 15) is 0 Å². The van der Waals surface area contributed by atoms with Crippen molar-refractivity contribution in [1.82, 2.24) is 0 Å². The second kappa shape index (κ2) is 5.61. The molecule has 0 aliphatic carbocycles. The van der Waals surface area contributed by atoms with Crippen LogP contribution in [-0.2, 0) is 0 Å². The van der Waals surface area contributed by atoms with E-state index in [0.717, 1.165) is 10.2 Å². The van der Waals surface area contributed by atoms with Crippen molar-refractivity contribution in [3.8, 4) is 16.9 Å². The summed E-state index contributed by atoms with van der Waals surface area (Å²) in [4.78, 5) is 1.25. The molecular formula is C14H13BrOS. The van der Waals surface area contributed by atoms with Crippen molar-refractivity contribution >= 4 is 27.7 Å². The molecule has 0 saturated carbocycles. The average Bonchev–Trinajstić information content (AvgIpc) is 2.39. The fourth-order valence-electron chi connectivity index (χ4n) is 1.62. The van der Waals surface area contributed by atoms with Crippen LogP contribution in [0.15, 0.2) is 51.8 Å². The van der Waals surface area contributed by atoms with Crippen LogP contribution in [0.25, 0.3) is 11.1 Å². The van der Waals surface area contributed by atoms with Gasteiger partial charge in [-0.25, -0.2) is 0 Å². The van der Waals surface area contributed by atoms with E-state index in [-0.39, 0.29) is 0 Å². The Morgan fingerprint density at radius 1 is 1.00 bits per heavy atom. The molecule has 0 heterocycles. The predicted octanol–water partition coefficient (Wildman–Crippen LogP) is 4.85. The number of rotatable bonds is 3. The zero-order chi connectivity index (χ0) is 12.3. The van der Waals surface area contributed by atoms with Crippen LogP contribution in [0.1, 0.15) is 0 Å². The van der Waals surface area contributed by atoms with Crippen LogP contribution in [0.5, 0.6) is 5.75 Å². The van der Waals surface area contributed by atoms with Crippen molar-refractivity contribution in [3.05, 3.63) is 46.9 Å². The van der Waals surface area contributed by atoms with Gasteiger partial charge in [-0.05, 0) is 57.6 Å². The molecule has 0 aliphatic rings. The summed E-state index contributed by atoms with van der Waals surface area (Å²) in [7, 11) is 1.68. The van der Waals surface area contributed by atoms with Crippen LogP contribution in [0, 0.1) is 0 Å². The zero-order valence-corrected chi connectivity index (χ0v) is 12.1. The predicted molar refractivity (Wildman–Crippen MR) is 77.9 cm³/mol. The van der Waals surface area contributed by atoms with Gasteiger partial charge >= 0.3 is 0 Å². The van der Waals surface area contributed by atoms with E-state index in [0.29, 0.717) is 0 Å². The molecule has 2 rings (SSSR count). The van der Waals surface area contributed by atoms with E-state index in [1.54, 1.807) is 18.9 Å². The van der Waals surface area contributed by atoms with Crippen molar-refractivity contribution < 1.29 is 4.74 Å². The molecule has 0 aromatic heterocycles. The van der Waals surface area contributed by atoms with Crippen LogP contribution in [-0.4, -0.2) is 13.4 Å². The number of hydrogen-bond acceptors (Lipinski definition) is 2.